The van der Waals surface area contributed by atoms with Crippen molar-refractivity contribution in [2.24, 2.45) is 0 Å². The zero-order valence-corrected chi connectivity index (χ0v) is 15.4. The number of hydrogen-bond donors (Lipinski definition) is 1. The van der Waals surface area contributed by atoms with Crippen LogP contribution in [-0.4, -0.2) is 25.1 Å². The van der Waals surface area contributed by atoms with E-state index in [4.69, 9.17) is 0 Å². The van der Waals surface area contributed by atoms with E-state index in [2.05, 4.69) is 43.8 Å². The molecule has 0 aliphatic heterocycles. The molecule has 0 aromatic heterocycles. The molecular formula is C15H15BrIN3O. The molecule has 0 saturated carbocycles. The summed E-state index contributed by atoms with van der Waals surface area (Å²) < 4.78 is 2.05. The first-order chi connectivity index (χ1) is 9.97. The lowest BCUT2D eigenvalue weighted by atomic mass is 10.3. The first-order valence-corrected chi connectivity index (χ1v) is 8.14. The number of nitrogens with zero attached hydrogens (tertiary/aromatic N) is 2. The Balaban J connectivity index is 2.22. The van der Waals surface area contributed by atoms with Crippen LogP contribution >= 0.6 is 38.5 Å². The quantitative estimate of drug-likeness (QED) is 0.539. The topological polar surface area (TPSA) is 35.6 Å². The van der Waals surface area contributed by atoms with E-state index < -0.39 is 0 Å². The maximum Gasteiger partial charge on any atom is 0.341 e. The molecule has 2 amide bonds. The number of hydrogen-bond acceptors (Lipinski definition) is 2. The first-order valence-electron chi connectivity index (χ1n) is 6.27. The summed E-state index contributed by atoms with van der Waals surface area (Å²) in [6.07, 6.45) is 0. The fraction of sp³-hybridized carbons (Fsp3) is 0.133. The molecule has 0 unspecified atom stereocenters. The highest BCUT2D eigenvalue weighted by Gasteiger charge is 2.18. The minimum absolute atomic E-state index is 0.209. The number of carbonyl (C=O) groups excluding carboxylic acids is 1. The van der Waals surface area contributed by atoms with Gasteiger partial charge < -0.3 is 5.32 Å². The van der Waals surface area contributed by atoms with Crippen molar-refractivity contribution in [2.75, 3.05) is 24.4 Å². The predicted molar refractivity (Wildman–Crippen MR) is 98.5 cm³/mol. The summed E-state index contributed by atoms with van der Waals surface area (Å²) in [5.41, 5.74) is 1.56. The summed E-state index contributed by atoms with van der Waals surface area (Å²) >= 11 is 5.63. The molecule has 0 bridgehead atoms. The van der Waals surface area contributed by atoms with Crippen molar-refractivity contribution < 1.29 is 4.79 Å². The summed E-state index contributed by atoms with van der Waals surface area (Å²) in [4.78, 5) is 12.5. The van der Waals surface area contributed by atoms with E-state index in [-0.39, 0.29) is 6.03 Å². The Bertz CT molecular complexity index is 631. The van der Waals surface area contributed by atoms with Crippen molar-refractivity contribution in [3.63, 3.8) is 0 Å². The van der Waals surface area contributed by atoms with Crippen molar-refractivity contribution in [1.82, 2.24) is 5.01 Å². The van der Waals surface area contributed by atoms with Crippen LogP contribution in [0.3, 0.4) is 0 Å². The largest absolute Gasteiger partial charge is 0.341 e. The highest BCUT2D eigenvalue weighted by atomic mass is 127. The van der Waals surface area contributed by atoms with E-state index in [1.165, 1.54) is 0 Å². The van der Waals surface area contributed by atoms with Crippen molar-refractivity contribution in [2.45, 2.75) is 0 Å². The van der Waals surface area contributed by atoms with Crippen molar-refractivity contribution in [3.8, 4) is 0 Å². The number of benzene rings is 2. The third-order valence-corrected chi connectivity index (χ3v) is 3.95. The van der Waals surface area contributed by atoms with Crippen LogP contribution < -0.4 is 10.3 Å². The second kappa shape index (κ2) is 7.24. The number of carbonyl (C=O) groups is 1. The molecule has 0 fully saturated rings. The number of hydrazine groups is 1. The first kappa shape index (κ1) is 16.3. The van der Waals surface area contributed by atoms with E-state index in [0.29, 0.717) is 0 Å². The molecular weight excluding hydrogens is 445 g/mol. The van der Waals surface area contributed by atoms with Gasteiger partial charge in [0.15, 0.2) is 0 Å². The van der Waals surface area contributed by atoms with Gasteiger partial charge in [0.05, 0.1) is 5.69 Å². The SMILES string of the molecule is CN(C)N(C(=O)Nc1cccc(Br)c1)c1ccc(I)cc1. The Morgan fingerprint density at radius 2 is 1.81 bits per heavy atom. The number of urea groups is 1. The molecule has 0 radical (unpaired) electrons. The van der Waals surface area contributed by atoms with E-state index in [1.54, 1.807) is 10.0 Å². The zero-order valence-electron chi connectivity index (χ0n) is 11.7. The monoisotopic (exact) mass is 459 g/mol. The maximum atomic E-state index is 12.5. The fourth-order valence-electron chi connectivity index (χ4n) is 1.85. The van der Waals surface area contributed by atoms with Crippen LogP contribution in [0.15, 0.2) is 53.0 Å². The van der Waals surface area contributed by atoms with E-state index >= 15 is 0 Å². The number of nitrogens with one attached hydrogen (secondary N) is 1. The number of rotatable bonds is 3. The average Bonchev–Trinajstić information content (AvgIpc) is 2.41. The Morgan fingerprint density at radius 1 is 1.14 bits per heavy atom. The maximum absolute atomic E-state index is 12.5. The van der Waals surface area contributed by atoms with Gasteiger partial charge in [0.1, 0.15) is 0 Å². The molecule has 0 heterocycles. The van der Waals surface area contributed by atoms with Crippen LogP contribution in [0.4, 0.5) is 16.2 Å². The molecule has 0 aliphatic carbocycles. The van der Waals surface area contributed by atoms with Crippen LogP contribution in [0.1, 0.15) is 0 Å². The summed E-state index contributed by atoms with van der Waals surface area (Å²) in [7, 11) is 3.66. The van der Waals surface area contributed by atoms with Gasteiger partial charge in [-0.3, -0.25) is 0 Å². The minimum atomic E-state index is -0.209. The number of halogens is 2. The summed E-state index contributed by atoms with van der Waals surface area (Å²) in [5, 5.41) is 6.22. The van der Waals surface area contributed by atoms with Gasteiger partial charge in [0.25, 0.3) is 0 Å². The van der Waals surface area contributed by atoms with Gasteiger partial charge in [-0.2, -0.15) is 0 Å². The normalized spacial score (nSPS) is 10.5. The van der Waals surface area contributed by atoms with Gasteiger partial charge in [-0.1, -0.05) is 22.0 Å². The predicted octanol–water partition coefficient (Wildman–Crippen LogP) is 4.57. The summed E-state index contributed by atoms with van der Waals surface area (Å²) in [6.45, 7) is 0. The minimum Gasteiger partial charge on any atom is -0.306 e. The standard InChI is InChI=1S/C15H15BrIN3O/c1-19(2)20(14-8-6-12(17)7-9-14)15(21)18-13-5-3-4-11(16)10-13/h3-10H,1-2H3,(H,18,21). The molecule has 6 heteroatoms. The zero-order chi connectivity index (χ0) is 15.4. The van der Waals surface area contributed by atoms with Gasteiger partial charge in [-0.15, -0.1) is 0 Å². The van der Waals surface area contributed by atoms with Crippen LogP contribution in [0.5, 0.6) is 0 Å². The highest BCUT2D eigenvalue weighted by molar-refractivity contribution is 14.1. The van der Waals surface area contributed by atoms with Crippen LogP contribution in [0.25, 0.3) is 0 Å². The van der Waals surface area contributed by atoms with E-state index in [0.717, 1.165) is 19.4 Å². The van der Waals surface area contributed by atoms with Crippen LogP contribution in [0.2, 0.25) is 0 Å². The Hall–Kier alpha value is -1.12. The van der Waals surface area contributed by atoms with Gasteiger partial charge in [-0.25, -0.2) is 14.8 Å². The van der Waals surface area contributed by atoms with Gasteiger partial charge >= 0.3 is 6.03 Å². The second-order valence-corrected chi connectivity index (χ2v) is 6.74. The molecule has 21 heavy (non-hydrogen) atoms. The molecule has 0 atom stereocenters. The third kappa shape index (κ3) is 4.42. The lowest BCUT2D eigenvalue weighted by Crippen LogP contribution is -2.44. The Labute approximate surface area is 146 Å². The average molecular weight is 460 g/mol. The molecule has 2 rings (SSSR count). The molecule has 1 N–H and O–H groups in total. The molecule has 0 aliphatic rings. The fourth-order valence-corrected chi connectivity index (χ4v) is 2.61. The van der Waals surface area contributed by atoms with Crippen molar-refractivity contribution in [1.29, 1.82) is 0 Å². The van der Waals surface area contributed by atoms with Crippen LogP contribution in [0, 0.1) is 3.57 Å². The van der Waals surface area contributed by atoms with E-state index in [9.17, 15) is 4.79 Å². The molecule has 0 spiro atoms. The highest BCUT2D eigenvalue weighted by Crippen LogP contribution is 2.20. The molecule has 4 nitrogen and oxygen atoms in total. The second-order valence-electron chi connectivity index (χ2n) is 4.58. The van der Waals surface area contributed by atoms with Crippen molar-refractivity contribution in [3.05, 3.63) is 56.6 Å². The van der Waals surface area contributed by atoms with Gasteiger partial charge in [-0.05, 0) is 65.1 Å². The third-order valence-electron chi connectivity index (χ3n) is 2.74. The smallest absolute Gasteiger partial charge is 0.306 e. The number of anilines is 2. The lowest BCUT2D eigenvalue weighted by molar-refractivity contribution is 0.242. The Kier molecular flexibility index (Phi) is 5.60. The molecule has 2 aromatic rings. The van der Waals surface area contributed by atoms with Crippen molar-refractivity contribution >= 4 is 55.9 Å². The van der Waals surface area contributed by atoms with Crippen LogP contribution in [-0.2, 0) is 0 Å². The lowest BCUT2D eigenvalue weighted by Gasteiger charge is -2.29. The molecule has 110 valence electrons. The van der Waals surface area contributed by atoms with Gasteiger partial charge in [0, 0.05) is 27.8 Å². The van der Waals surface area contributed by atoms with Gasteiger partial charge in [0.2, 0.25) is 0 Å². The van der Waals surface area contributed by atoms with E-state index in [1.807, 2.05) is 62.6 Å². The Morgan fingerprint density at radius 3 is 2.38 bits per heavy atom. The molecule has 0 saturated heterocycles. The summed E-state index contributed by atoms with van der Waals surface area (Å²) in [6, 6.07) is 15.1. The summed E-state index contributed by atoms with van der Waals surface area (Å²) in [5.74, 6) is 0. The molecule has 2 aromatic carbocycles. The number of amides is 2.